The molecule has 1 aromatic carbocycles. The van der Waals surface area contributed by atoms with E-state index < -0.39 is 0 Å². The number of benzene rings is 1. The molecule has 2 atom stereocenters. The van der Waals surface area contributed by atoms with Gasteiger partial charge in [0.25, 0.3) is 5.91 Å². The number of carbonyl (C=O) groups is 1. The number of halogens is 1. The van der Waals surface area contributed by atoms with Crippen molar-refractivity contribution in [3.8, 4) is 11.5 Å². The second-order valence-corrected chi connectivity index (χ2v) is 6.84. The maximum absolute atomic E-state index is 13.1. The molecule has 0 spiro atoms. The molecule has 2 fully saturated rings. The largest absolute Gasteiger partial charge is 0.493 e. The van der Waals surface area contributed by atoms with Gasteiger partial charge in [0, 0.05) is 24.2 Å². The van der Waals surface area contributed by atoms with Crippen molar-refractivity contribution < 1.29 is 14.3 Å². The van der Waals surface area contributed by atoms with Gasteiger partial charge in [0.1, 0.15) is 0 Å². The third kappa shape index (κ3) is 3.33. The van der Waals surface area contributed by atoms with Crippen LogP contribution < -0.4 is 14.8 Å². The van der Waals surface area contributed by atoms with E-state index >= 15 is 0 Å². The van der Waals surface area contributed by atoms with Gasteiger partial charge < -0.3 is 19.7 Å². The van der Waals surface area contributed by atoms with Crippen molar-refractivity contribution in [3.05, 3.63) is 22.7 Å². The summed E-state index contributed by atoms with van der Waals surface area (Å²) in [4.78, 5) is 15.1. The number of ether oxygens (including phenoxy) is 2. The van der Waals surface area contributed by atoms with Crippen molar-refractivity contribution in [2.24, 2.45) is 0 Å². The molecule has 2 unspecified atom stereocenters. The lowest BCUT2D eigenvalue weighted by atomic mass is 10.1. The first-order valence-corrected chi connectivity index (χ1v) is 9.07. The van der Waals surface area contributed by atoms with Gasteiger partial charge in [0.2, 0.25) is 0 Å². The van der Waals surface area contributed by atoms with E-state index in [4.69, 9.17) is 21.1 Å². The summed E-state index contributed by atoms with van der Waals surface area (Å²) in [5.41, 5.74) is 0.569. The number of nitrogens with zero attached hydrogens (tertiary/aromatic N) is 1. The van der Waals surface area contributed by atoms with Crippen LogP contribution in [0.3, 0.4) is 0 Å². The Bertz CT molecular complexity index is 594. The molecule has 1 N–H and O–H groups in total. The molecule has 0 aromatic heterocycles. The molecule has 1 aromatic rings. The lowest BCUT2D eigenvalue weighted by molar-refractivity contribution is 0.0680. The topological polar surface area (TPSA) is 50.8 Å². The maximum atomic E-state index is 13.1. The zero-order valence-corrected chi connectivity index (χ0v) is 15.1. The first-order chi connectivity index (χ1) is 11.7. The molecule has 2 bridgehead atoms. The number of hydrogen-bond donors (Lipinski definition) is 1. The zero-order chi connectivity index (χ0) is 17.1. The van der Waals surface area contributed by atoms with E-state index in [0.29, 0.717) is 34.7 Å². The molecule has 2 aliphatic heterocycles. The molecule has 24 heavy (non-hydrogen) atoms. The van der Waals surface area contributed by atoms with Gasteiger partial charge in [0.05, 0.1) is 18.7 Å². The fourth-order valence-corrected chi connectivity index (χ4v) is 3.92. The summed E-state index contributed by atoms with van der Waals surface area (Å²) in [6.07, 6.45) is 4.03. The molecule has 2 aliphatic rings. The van der Waals surface area contributed by atoms with Crippen LogP contribution in [-0.2, 0) is 0 Å². The fourth-order valence-electron chi connectivity index (χ4n) is 3.65. The van der Waals surface area contributed by atoms with E-state index in [2.05, 4.69) is 5.32 Å². The van der Waals surface area contributed by atoms with E-state index in [-0.39, 0.29) is 11.9 Å². The highest BCUT2D eigenvalue weighted by Gasteiger charge is 2.38. The van der Waals surface area contributed by atoms with Crippen LogP contribution in [0.15, 0.2) is 12.1 Å². The normalized spacial score (nSPS) is 23.0. The highest BCUT2D eigenvalue weighted by molar-refractivity contribution is 6.32. The Morgan fingerprint density at radius 3 is 2.88 bits per heavy atom. The van der Waals surface area contributed by atoms with E-state index in [1.54, 1.807) is 19.2 Å². The molecule has 0 saturated carbocycles. The maximum Gasteiger partial charge on any atom is 0.254 e. The minimum absolute atomic E-state index is 0.0356. The number of nitrogens with one attached hydrogen (secondary N) is 1. The minimum Gasteiger partial charge on any atom is -0.493 e. The standard InChI is InChI=1S/C18H25ClN2O3/c1-3-8-24-17-15(19)9-12(10-16(17)23-2)18(22)21-13-4-5-14(21)11-20-7-6-13/h9-10,13-14,20H,3-8,11H2,1-2H3. The predicted molar refractivity (Wildman–Crippen MR) is 94.3 cm³/mol. The number of amides is 1. The van der Waals surface area contributed by atoms with Crippen LogP contribution in [0.1, 0.15) is 43.0 Å². The summed E-state index contributed by atoms with van der Waals surface area (Å²) in [6, 6.07) is 4.04. The van der Waals surface area contributed by atoms with E-state index in [9.17, 15) is 4.79 Å². The van der Waals surface area contributed by atoms with Crippen LogP contribution >= 0.6 is 11.6 Å². The van der Waals surface area contributed by atoms with Gasteiger partial charge in [-0.3, -0.25) is 4.79 Å². The average molecular weight is 353 g/mol. The summed E-state index contributed by atoms with van der Waals surface area (Å²) in [5, 5.41) is 3.84. The third-order valence-corrected chi connectivity index (χ3v) is 5.10. The molecule has 2 heterocycles. The fraction of sp³-hybridized carbons (Fsp3) is 0.611. The first kappa shape index (κ1) is 17.4. The Hall–Kier alpha value is -1.46. The quantitative estimate of drug-likeness (QED) is 0.884. The Morgan fingerprint density at radius 1 is 1.33 bits per heavy atom. The number of rotatable bonds is 5. The second-order valence-electron chi connectivity index (χ2n) is 6.43. The van der Waals surface area contributed by atoms with Gasteiger partial charge in [0.15, 0.2) is 11.5 Å². The second kappa shape index (κ2) is 7.62. The minimum atomic E-state index is 0.0356. The zero-order valence-electron chi connectivity index (χ0n) is 14.3. The predicted octanol–water partition coefficient (Wildman–Crippen LogP) is 3.10. The SMILES string of the molecule is CCCOc1c(Cl)cc(C(=O)N2C3CCNCC2CC3)cc1OC. The molecule has 132 valence electrons. The van der Waals surface area contributed by atoms with Crippen LogP contribution in [-0.4, -0.2) is 49.7 Å². The van der Waals surface area contributed by atoms with Crippen molar-refractivity contribution in [3.63, 3.8) is 0 Å². The molecule has 0 aliphatic carbocycles. The summed E-state index contributed by atoms with van der Waals surface area (Å²) in [7, 11) is 1.57. The average Bonchev–Trinajstić information content (AvgIpc) is 2.85. The van der Waals surface area contributed by atoms with Gasteiger partial charge in [-0.1, -0.05) is 18.5 Å². The number of methoxy groups -OCH3 is 1. The molecule has 3 rings (SSSR count). The van der Waals surface area contributed by atoms with Crippen LogP contribution in [0.2, 0.25) is 5.02 Å². The van der Waals surface area contributed by atoms with Crippen LogP contribution in [0.25, 0.3) is 0 Å². The molecule has 1 amide bonds. The van der Waals surface area contributed by atoms with Crippen molar-refractivity contribution in [2.45, 2.75) is 44.7 Å². The Kier molecular flexibility index (Phi) is 5.51. The van der Waals surface area contributed by atoms with Crippen LogP contribution in [0, 0.1) is 0 Å². The van der Waals surface area contributed by atoms with Gasteiger partial charge >= 0.3 is 0 Å². The van der Waals surface area contributed by atoms with Gasteiger partial charge in [-0.05, 0) is 44.4 Å². The molecule has 5 nitrogen and oxygen atoms in total. The molecule has 2 saturated heterocycles. The van der Waals surface area contributed by atoms with Gasteiger partial charge in [-0.15, -0.1) is 0 Å². The lowest BCUT2D eigenvalue weighted by Crippen LogP contribution is -2.42. The van der Waals surface area contributed by atoms with Crippen molar-refractivity contribution >= 4 is 17.5 Å². The van der Waals surface area contributed by atoms with Crippen LogP contribution in [0.5, 0.6) is 11.5 Å². The Balaban J connectivity index is 1.88. The van der Waals surface area contributed by atoms with E-state index in [1.165, 1.54) is 0 Å². The van der Waals surface area contributed by atoms with Gasteiger partial charge in [-0.2, -0.15) is 0 Å². The lowest BCUT2D eigenvalue weighted by Gasteiger charge is -2.28. The third-order valence-electron chi connectivity index (χ3n) is 4.82. The van der Waals surface area contributed by atoms with E-state index in [0.717, 1.165) is 38.8 Å². The van der Waals surface area contributed by atoms with Crippen molar-refractivity contribution in [2.75, 3.05) is 26.8 Å². The highest BCUT2D eigenvalue weighted by atomic mass is 35.5. The molecular formula is C18H25ClN2O3. The Labute approximate surface area is 148 Å². The smallest absolute Gasteiger partial charge is 0.254 e. The first-order valence-electron chi connectivity index (χ1n) is 8.69. The number of carbonyl (C=O) groups excluding carboxylic acids is 1. The van der Waals surface area contributed by atoms with E-state index in [1.807, 2.05) is 11.8 Å². The Morgan fingerprint density at radius 2 is 2.12 bits per heavy atom. The van der Waals surface area contributed by atoms with Crippen LogP contribution in [0.4, 0.5) is 0 Å². The molecule has 6 heteroatoms. The summed E-state index contributed by atoms with van der Waals surface area (Å²) in [5.74, 6) is 1.06. The van der Waals surface area contributed by atoms with Gasteiger partial charge in [-0.25, -0.2) is 0 Å². The summed E-state index contributed by atoms with van der Waals surface area (Å²) in [6.45, 7) is 4.43. The summed E-state index contributed by atoms with van der Waals surface area (Å²) >= 11 is 6.36. The molecule has 0 radical (unpaired) electrons. The van der Waals surface area contributed by atoms with Crippen molar-refractivity contribution in [1.82, 2.24) is 10.2 Å². The number of hydrogen-bond acceptors (Lipinski definition) is 4. The summed E-state index contributed by atoms with van der Waals surface area (Å²) < 4.78 is 11.1. The van der Waals surface area contributed by atoms with Crippen molar-refractivity contribution in [1.29, 1.82) is 0 Å². The monoisotopic (exact) mass is 352 g/mol. The molecular weight excluding hydrogens is 328 g/mol. The number of fused-ring (bicyclic) bond motifs is 2. The highest BCUT2D eigenvalue weighted by Crippen LogP contribution is 2.38.